The molecule has 0 spiro atoms. The Hall–Kier alpha value is -2.34. The molecule has 2 fully saturated rings. The molecule has 2 aromatic rings. The number of aromatic nitrogens is 2. The van der Waals surface area contributed by atoms with Crippen LogP contribution in [0.15, 0.2) is 30.7 Å². The smallest absolute Gasteiger partial charge is 0.356 e. The zero-order valence-corrected chi connectivity index (χ0v) is 28.1. The minimum absolute atomic E-state index is 0.235. The Bertz CT molecular complexity index is 1290. The Morgan fingerprint density at radius 2 is 1.56 bits per heavy atom. The largest absolute Gasteiger partial charge is 0.464 e. The lowest BCUT2D eigenvalue weighted by Gasteiger charge is -2.59. The quantitative estimate of drug-likeness (QED) is 0.293. The Morgan fingerprint density at radius 3 is 2.07 bits per heavy atom. The first kappa shape index (κ1) is 32.1. The number of methoxy groups -OCH3 is 1. The van der Waals surface area contributed by atoms with Crippen LogP contribution in [-0.4, -0.2) is 28.6 Å². The average Bonchev–Trinajstić information content (AvgIpc) is 3.54. The first-order valence-electron chi connectivity index (χ1n) is 16.5. The van der Waals surface area contributed by atoms with Crippen molar-refractivity contribution in [1.29, 1.82) is 0 Å². The zero-order valence-electron chi connectivity index (χ0n) is 27.3. The van der Waals surface area contributed by atoms with Crippen molar-refractivity contribution in [3.05, 3.63) is 52.6 Å². The standard InChI is InChI=1S/C36H51ClN2O4/c1-20(2)25-14-12-22(5)16-28(25)36(29-17-23(6)13-15-26(29)21(3)4)33(39-19-38-18-31(39)35(41)42-8)32-27(10-9-11-30(32)37)34(36)43-24(7)40/h9-11,18-23,25-26,28-29,33-34H,12-17H2,1-8H3. The molecule has 3 aliphatic carbocycles. The first-order valence-corrected chi connectivity index (χ1v) is 16.9. The molecule has 0 amide bonds. The van der Waals surface area contributed by atoms with Gasteiger partial charge in [-0.25, -0.2) is 9.78 Å². The van der Waals surface area contributed by atoms with Crippen molar-refractivity contribution in [3.63, 3.8) is 0 Å². The normalized spacial score (nSPS) is 34.3. The SMILES string of the molecule is COC(=O)c1cncn1C1c2c(Cl)cccc2C(OC(C)=O)C1(C1CC(C)CCC1C(C)C)C1CC(C)CCC1C(C)C. The summed E-state index contributed by atoms with van der Waals surface area (Å²) in [5.41, 5.74) is 1.79. The fraction of sp³-hybridized carbons (Fsp3) is 0.694. The van der Waals surface area contributed by atoms with Crippen molar-refractivity contribution < 1.29 is 19.1 Å². The summed E-state index contributed by atoms with van der Waals surface area (Å²) in [6, 6.07) is 5.68. The molecule has 0 saturated heterocycles. The predicted molar refractivity (Wildman–Crippen MR) is 170 cm³/mol. The van der Waals surface area contributed by atoms with Gasteiger partial charge in [0.2, 0.25) is 0 Å². The molecule has 1 aromatic heterocycles. The van der Waals surface area contributed by atoms with Crippen LogP contribution >= 0.6 is 11.6 Å². The third-order valence-corrected chi connectivity index (χ3v) is 11.9. The lowest BCUT2D eigenvalue weighted by atomic mass is 9.47. The molecule has 2 saturated carbocycles. The highest BCUT2D eigenvalue weighted by molar-refractivity contribution is 6.31. The number of benzene rings is 1. The first-order chi connectivity index (χ1) is 20.4. The van der Waals surface area contributed by atoms with Gasteiger partial charge in [0.25, 0.3) is 0 Å². The summed E-state index contributed by atoms with van der Waals surface area (Å²) in [5, 5.41) is 0.640. The van der Waals surface area contributed by atoms with E-state index in [0.717, 1.165) is 36.8 Å². The Labute approximate surface area is 263 Å². The van der Waals surface area contributed by atoms with E-state index in [1.165, 1.54) is 26.9 Å². The van der Waals surface area contributed by atoms with Crippen molar-refractivity contribution in [2.45, 2.75) is 99.1 Å². The van der Waals surface area contributed by atoms with Gasteiger partial charge >= 0.3 is 11.9 Å². The number of hydrogen-bond acceptors (Lipinski definition) is 5. The third-order valence-electron chi connectivity index (χ3n) is 11.5. The number of rotatable bonds is 7. The molecule has 3 aliphatic rings. The molecule has 1 aromatic carbocycles. The summed E-state index contributed by atoms with van der Waals surface area (Å²) < 4.78 is 14.0. The van der Waals surface area contributed by atoms with Gasteiger partial charge in [-0.05, 0) is 84.7 Å². The van der Waals surface area contributed by atoms with Crippen LogP contribution in [0.5, 0.6) is 0 Å². The number of nitrogens with zero attached hydrogens (tertiary/aromatic N) is 2. The van der Waals surface area contributed by atoms with Crippen LogP contribution in [0.4, 0.5) is 0 Å². The van der Waals surface area contributed by atoms with Gasteiger partial charge < -0.3 is 14.0 Å². The van der Waals surface area contributed by atoms with Crippen molar-refractivity contribution >= 4 is 23.5 Å². The molecule has 0 radical (unpaired) electrons. The second kappa shape index (κ2) is 12.6. The summed E-state index contributed by atoms with van der Waals surface area (Å²) >= 11 is 7.22. The van der Waals surface area contributed by atoms with Gasteiger partial charge in [-0.15, -0.1) is 0 Å². The van der Waals surface area contributed by atoms with Crippen molar-refractivity contribution in [2.75, 3.05) is 7.11 Å². The molecule has 5 rings (SSSR count). The summed E-state index contributed by atoms with van der Waals surface area (Å²) in [6.07, 6.45) is 9.64. The van der Waals surface area contributed by atoms with Crippen molar-refractivity contribution in [1.82, 2.24) is 9.55 Å². The summed E-state index contributed by atoms with van der Waals surface area (Å²) in [7, 11) is 1.42. The summed E-state index contributed by atoms with van der Waals surface area (Å²) in [5.74, 6) is 2.60. The van der Waals surface area contributed by atoms with Crippen LogP contribution in [0.25, 0.3) is 0 Å². The number of carbonyl (C=O) groups excluding carboxylic acids is 2. The topological polar surface area (TPSA) is 70.4 Å². The van der Waals surface area contributed by atoms with Crippen LogP contribution in [0, 0.1) is 52.8 Å². The molecule has 1 heterocycles. The van der Waals surface area contributed by atoms with Gasteiger partial charge in [0, 0.05) is 22.9 Å². The number of hydrogen-bond donors (Lipinski definition) is 0. The van der Waals surface area contributed by atoms with Crippen LogP contribution in [-0.2, 0) is 14.3 Å². The highest BCUT2D eigenvalue weighted by atomic mass is 35.5. The molecule has 8 unspecified atom stereocenters. The van der Waals surface area contributed by atoms with Gasteiger partial charge in [0.1, 0.15) is 11.8 Å². The van der Waals surface area contributed by atoms with E-state index in [9.17, 15) is 9.59 Å². The van der Waals surface area contributed by atoms with E-state index in [1.54, 1.807) is 12.5 Å². The molecule has 8 atom stereocenters. The second-order valence-electron chi connectivity index (χ2n) is 14.7. The maximum absolute atomic E-state index is 13.3. The van der Waals surface area contributed by atoms with E-state index in [0.29, 0.717) is 46.2 Å². The van der Waals surface area contributed by atoms with Crippen LogP contribution < -0.4 is 0 Å². The van der Waals surface area contributed by atoms with Crippen molar-refractivity contribution in [2.24, 2.45) is 52.8 Å². The third kappa shape index (κ3) is 5.44. The fourth-order valence-corrected chi connectivity index (χ4v) is 10.1. The number of imidazole rings is 1. The second-order valence-corrected chi connectivity index (χ2v) is 15.1. The predicted octanol–water partition coefficient (Wildman–Crippen LogP) is 8.93. The van der Waals surface area contributed by atoms with E-state index in [-0.39, 0.29) is 23.8 Å². The van der Waals surface area contributed by atoms with Gasteiger partial charge in [-0.2, -0.15) is 0 Å². The average molecular weight is 611 g/mol. The lowest BCUT2D eigenvalue weighted by Crippen LogP contribution is -2.55. The molecule has 0 N–H and O–H groups in total. The van der Waals surface area contributed by atoms with Crippen LogP contribution in [0.2, 0.25) is 5.02 Å². The van der Waals surface area contributed by atoms with Crippen LogP contribution in [0.1, 0.15) is 121 Å². The number of halogens is 1. The molecule has 7 heteroatoms. The lowest BCUT2D eigenvalue weighted by molar-refractivity contribution is -0.185. The van der Waals surface area contributed by atoms with Gasteiger partial charge in [0.05, 0.1) is 25.7 Å². The molecule has 0 bridgehead atoms. The molecule has 0 aliphatic heterocycles. The minimum atomic E-state index is -0.546. The van der Waals surface area contributed by atoms with Gasteiger partial charge in [-0.1, -0.05) is 78.1 Å². The maximum atomic E-state index is 13.3. The highest BCUT2D eigenvalue weighted by Crippen LogP contribution is 2.72. The summed E-state index contributed by atoms with van der Waals surface area (Å²) in [4.78, 5) is 31.0. The zero-order chi connectivity index (χ0) is 31.2. The Kier molecular flexibility index (Phi) is 9.38. The molecular weight excluding hydrogens is 560 g/mol. The highest BCUT2D eigenvalue weighted by Gasteiger charge is 2.67. The Balaban J connectivity index is 1.94. The van der Waals surface area contributed by atoms with E-state index >= 15 is 0 Å². The molecule has 43 heavy (non-hydrogen) atoms. The van der Waals surface area contributed by atoms with E-state index < -0.39 is 17.5 Å². The van der Waals surface area contributed by atoms with E-state index in [1.807, 2.05) is 16.7 Å². The van der Waals surface area contributed by atoms with Crippen LogP contribution in [0.3, 0.4) is 0 Å². The Morgan fingerprint density at radius 1 is 0.977 bits per heavy atom. The number of ether oxygens (including phenoxy) is 2. The van der Waals surface area contributed by atoms with Gasteiger partial charge in [0.15, 0.2) is 0 Å². The molecular formula is C36H51ClN2O4. The molecule has 6 nitrogen and oxygen atoms in total. The van der Waals surface area contributed by atoms with Gasteiger partial charge in [-0.3, -0.25) is 4.79 Å². The van der Waals surface area contributed by atoms with E-state index in [2.05, 4.69) is 52.6 Å². The number of carbonyl (C=O) groups is 2. The number of esters is 2. The molecule has 236 valence electrons. The summed E-state index contributed by atoms with van der Waals surface area (Å²) in [6.45, 7) is 15.7. The van der Waals surface area contributed by atoms with E-state index in [4.69, 9.17) is 21.1 Å². The monoisotopic (exact) mass is 610 g/mol. The minimum Gasteiger partial charge on any atom is -0.464 e. The number of fused-ring (bicyclic) bond motifs is 1. The fourth-order valence-electron chi connectivity index (χ4n) is 9.84. The van der Waals surface area contributed by atoms with Crippen molar-refractivity contribution in [3.8, 4) is 0 Å². The maximum Gasteiger partial charge on any atom is 0.356 e.